The molecule has 1 aliphatic heterocycles. The molecule has 180 valence electrons. The Labute approximate surface area is 198 Å². The number of carbonyl (C=O) groups excluding carboxylic acids is 1. The van der Waals surface area contributed by atoms with Crippen molar-refractivity contribution in [1.29, 1.82) is 0 Å². The average Bonchev–Trinajstić information content (AvgIpc) is 2.84. The van der Waals surface area contributed by atoms with Crippen LogP contribution >= 0.6 is 0 Å². The third-order valence-corrected chi connectivity index (χ3v) is 6.30. The molecule has 0 saturated carbocycles. The van der Waals surface area contributed by atoms with E-state index in [0.717, 1.165) is 56.1 Å². The van der Waals surface area contributed by atoms with Gasteiger partial charge in [0.1, 0.15) is 12.4 Å². The molecule has 0 atom stereocenters. The Morgan fingerprint density at radius 2 is 1.88 bits per heavy atom. The molecule has 0 aliphatic carbocycles. The molecule has 33 heavy (non-hydrogen) atoms. The second kappa shape index (κ2) is 12.6. The smallest absolute Gasteiger partial charge is 0.251 e. The van der Waals surface area contributed by atoms with Gasteiger partial charge in [-0.15, -0.1) is 0 Å². The zero-order chi connectivity index (χ0) is 23.6. The Balaban J connectivity index is 1.46. The summed E-state index contributed by atoms with van der Waals surface area (Å²) in [4.78, 5) is 17.3. The van der Waals surface area contributed by atoms with Gasteiger partial charge in [0.25, 0.3) is 5.91 Å². The Hall–Kier alpha value is -2.57. The molecule has 3 rings (SSSR count). The molecule has 0 bridgehead atoms. The number of benzene rings is 2. The third kappa shape index (κ3) is 7.47. The van der Waals surface area contributed by atoms with Gasteiger partial charge in [0.05, 0.1) is 0 Å². The van der Waals surface area contributed by atoms with E-state index < -0.39 is 0 Å². The predicted molar refractivity (Wildman–Crippen MR) is 134 cm³/mol. The summed E-state index contributed by atoms with van der Waals surface area (Å²) >= 11 is 0. The average molecular weight is 454 g/mol. The van der Waals surface area contributed by atoms with Crippen molar-refractivity contribution in [3.8, 4) is 5.75 Å². The van der Waals surface area contributed by atoms with Crippen LogP contribution in [0.5, 0.6) is 5.75 Å². The molecule has 1 aliphatic rings. The quantitative estimate of drug-likeness (QED) is 0.549. The lowest BCUT2D eigenvalue weighted by Crippen LogP contribution is -2.38. The van der Waals surface area contributed by atoms with Crippen molar-refractivity contribution in [2.75, 3.05) is 44.9 Å². The number of ether oxygens (including phenoxy) is 2. The van der Waals surface area contributed by atoms with Crippen LogP contribution < -0.4 is 15.0 Å². The van der Waals surface area contributed by atoms with Crippen LogP contribution in [0.25, 0.3) is 0 Å². The molecule has 0 radical (unpaired) electrons. The van der Waals surface area contributed by atoms with Gasteiger partial charge >= 0.3 is 0 Å². The minimum atomic E-state index is -0.0708. The van der Waals surface area contributed by atoms with Gasteiger partial charge in [-0.05, 0) is 82.6 Å². The first-order valence-electron chi connectivity index (χ1n) is 12.1. The zero-order valence-electron chi connectivity index (χ0n) is 20.5. The number of hydrogen-bond donors (Lipinski definition) is 1. The summed E-state index contributed by atoms with van der Waals surface area (Å²) in [5.41, 5.74) is 2.82. The number of carbonyl (C=O) groups is 1. The molecule has 1 N–H and O–H groups in total. The SMILES string of the molecule is CCN(c1ccc(C(=O)NCc2cccc(OCCN(C)C3CCOCC3)c2)cc1)C(C)C. The van der Waals surface area contributed by atoms with E-state index in [1.54, 1.807) is 0 Å². The Morgan fingerprint density at radius 3 is 2.55 bits per heavy atom. The van der Waals surface area contributed by atoms with E-state index in [9.17, 15) is 4.79 Å². The fourth-order valence-corrected chi connectivity index (χ4v) is 4.30. The Morgan fingerprint density at radius 1 is 1.15 bits per heavy atom. The van der Waals surface area contributed by atoms with Crippen molar-refractivity contribution in [2.24, 2.45) is 0 Å². The number of hydrogen-bond acceptors (Lipinski definition) is 5. The minimum absolute atomic E-state index is 0.0708. The van der Waals surface area contributed by atoms with Crippen LogP contribution in [0.3, 0.4) is 0 Å². The summed E-state index contributed by atoms with van der Waals surface area (Å²) in [6, 6.07) is 16.8. The molecule has 6 nitrogen and oxygen atoms in total. The summed E-state index contributed by atoms with van der Waals surface area (Å²) in [7, 11) is 2.15. The summed E-state index contributed by atoms with van der Waals surface area (Å²) in [5.74, 6) is 0.762. The highest BCUT2D eigenvalue weighted by atomic mass is 16.5. The molecule has 1 heterocycles. The summed E-state index contributed by atoms with van der Waals surface area (Å²) < 4.78 is 11.4. The monoisotopic (exact) mass is 453 g/mol. The van der Waals surface area contributed by atoms with Crippen molar-refractivity contribution in [1.82, 2.24) is 10.2 Å². The first-order valence-corrected chi connectivity index (χ1v) is 12.1. The van der Waals surface area contributed by atoms with Gasteiger partial charge in [-0.3, -0.25) is 9.69 Å². The Kier molecular flexibility index (Phi) is 9.58. The van der Waals surface area contributed by atoms with E-state index in [1.165, 1.54) is 0 Å². The molecule has 2 aromatic rings. The summed E-state index contributed by atoms with van der Waals surface area (Å²) in [6.07, 6.45) is 2.17. The summed E-state index contributed by atoms with van der Waals surface area (Å²) in [6.45, 7) is 11.1. The van der Waals surface area contributed by atoms with Crippen LogP contribution in [0, 0.1) is 0 Å². The molecule has 6 heteroatoms. The van der Waals surface area contributed by atoms with Gasteiger partial charge in [0, 0.05) is 56.2 Å². The van der Waals surface area contributed by atoms with Crippen LogP contribution in [0.15, 0.2) is 48.5 Å². The highest BCUT2D eigenvalue weighted by molar-refractivity contribution is 5.94. The first-order chi connectivity index (χ1) is 16.0. The largest absolute Gasteiger partial charge is 0.492 e. The molecular formula is C27H39N3O3. The maximum absolute atomic E-state index is 12.6. The minimum Gasteiger partial charge on any atom is -0.492 e. The fourth-order valence-electron chi connectivity index (χ4n) is 4.30. The third-order valence-electron chi connectivity index (χ3n) is 6.30. The van der Waals surface area contributed by atoms with Crippen molar-refractivity contribution in [3.05, 3.63) is 59.7 Å². The molecule has 0 aromatic heterocycles. The van der Waals surface area contributed by atoms with E-state index in [1.807, 2.05) is 48.5 Å². The van der Waals surface area contributed by atoms with E-state index in [-0.39, 0.29) is 5.91 Å². The molecule has 1 amide bonds. The van der Waals surface area contributed by atoms with E-state index in [4.69, 9.17) is 9.47 Å². The topological polar surface area (TPSA) is 54.0 Å². The van der Waals surface area contributed by atoms with Gasteiger partial charge in [-0.1, -0.05) is 12.1 Å². The lowest BCUT2D eigenvalue weighted by molar-refractivity contribution is 0.0392. The van der Waals surface area contributed by atoms with Crippen molar-refractivity contribution in [3.63, 3.8) is 0 Å². The van der Waals surface area contributed by atoms with Crippen LogP contribution in [-0.4, -0.2) is 62.8 Å². The molecule has 2 aromatic carbocycles. The number of nitrogens with zero attached hydrogens (tertiary/aromatic N) is 2. The van der Waals surface area contributed by atoms with Crippen LogP contribution in [0.4, 0.5) is 5.69 Å². The maximum atomic E-state index is 12.6. The number of nitrogens with one attached hydrogen (secondary N) is 1. The van der Waals surface area contributed by atoms with Crippen LogP contribution in [0.1, 0.15) is 49.5 Å². The molecule has 0 spiro atoms. The van der Waals surface area contributed by atoms with Gasteiger partial charge < -0.3 is 19.7 Å². The normalized spacial score (nSPS) is 14.5. The molecule has 1 fully saturated rings. The Bertz CT molecular complexity index is 863. The zero-order valence-corrected chi connectivity index (χ0v) is 20.5. The number of rotatable bonds is 11. The second-order valence-electron chi connectivity index (χ2n) is 8.93. The number of anilines is 1. The van der Waals surface area contributed by atoms with Crippen LogP contribution in [-0.2, 0) is 11.3 Å². The molecular weight excluding hydrogens is 414 g/mol. The number of amides is 1. The van der Waals surface area contributed by atoms with Crippen LogP contribution in [0.2, 0.25) is 0 Å². The van der Waals surface area contributed by atoms with Gasteiger partial charge in [0.15, 0.2) is 0 Å². The maximum Gasteiger partial charge on any atom is 0.251 e. The number of likely N-dealkylation sites (N-methyl/N-ethyl adjacent to an activating group) is 1. The molecule has 0 unspecified atom stereocenters. The van der Waals surface area contributed by atoms with Gasteiger partial charge in [-0.25, -0.2) is 0 Å². The highest BCUT2D eigenvalue weighted by Crippen LogP contribution is 2.18. The standard InChI is InChI=1S/C27H39N3O3/c1-5-30(21(2)3)25-11-9-23(10-12-25)27(31)28-20-22-7-6-8-26(19-22)33-18-15-29(4)24-13-16-32-17-14-24/h6-12,19,21,24H,5,13-18,20H2,1-4H3,(H,28,31). The second-order valence-corrected chi connectivity index (χ2v) is 8.93. The van der Waals surface area contributed by atoms with E-state index in [0.29, 0.717) is 30.8 Å². The lowest BCUT2D eigenvalue weighted by atomic mass is 10.1. The van der Waals surface area contributed by atoms with Gasteiger partial charge in [-0.2, -0.15) is 0 Å². The fraction of sp³-hybridized carbons (Fsp3) is 0.519. The van der Waals surface area contributed by atoms with Crippen molar-refractivity contribution < 1.29 is 14.3 Å². The predicted octanol–water partition coefficient (Wildman–Crippen LogP) is 4.34. The van der Waals surface area contributed by atoms with Crippen molar-refractivity contribution in [2.45, 2.75) is 52.2 Å². The van der Waals surface area contributed by atoms with Gasteiger partial charge in [0.2, 0.25) is 0 Å². The van der Waals surface area contributed by atoms with E-state index >= 15 is 0 Å². The highest BCUT2D eigenvalue weighted by Gasteiger charge is 2.18. The molecule has 1 saturated heterocycles. The summed E-state index contributed by atoms with van der Waals surface area (Å²) in [5, 5.41) is 3.02. The first kappa shape index (κ1) is 25.1. The van der Waals surface area contributed by atoms with E-state index in [2.05, 4.69) is 42.9 Å². The lowest BCUT2D eigenvalue weighted by Gasteiger charge is -2.31. The van der Waals surface area contributed by atoms with Crippen molar-refractivity contribution >= 4 is 11.6 Å².